The molecule has 0 fully saturated rings. The molecule has 2 aliphatic rings. The Balaban J connectivity index is 2.18. The molecule has 0 amide bonds. The van der Waals surface area contributed by atoms with E-state index < -0.39 is 43.6 Å². The Morgan fingerprint density at radius 1 is 1.23 bits per heavy atom. The van der Waals surface area contributed by atoms with Crippen LogP contribution in [-0.4, -0.2) is 70.9 Å². The average molecular weight is 517 g/mol. The molecule has 0 radical (unpaired) electrons. The molecule has 200 valence electrons. The van der Waals surface area contributed by atoms with Gasteiger partial charge in [0.25, 0.3) is 0 Å². The fraction of sp³-hybridized carbons (Fsp3) is 0.760. The summed E-state index contributed by atoms with van der Waals surface area (Å²) >= 11 is 0. The van der Waals surface area contributed by atoms with Gasteiger partial charge in [0.05, 0.1) is 31.5 Å². The van der Waals surface area contributed by atoms with Gasteiger partial charge in [-0.2, -0.15) is 0 Å². The van der Waals surface area contributed by atoms with E-state index in [1.165, 1.54) is 6.92 Å². The van der Waals surface area contributed by atoms with Crippen LogP contribution in [0, 0.1) is 17.8 Å². The van der Waals surface area contributed by atoms with Crippen LogP contribution in [0.1, 0.15) is 59.8 Å². The second kappa shape index (κ2) is 13.8. The number of carbonyl (C=O) groups is 2. The highest BCUT2D eigenvalue weighted by atomic mass is 31.2. The summed E-state index contributed by atoms with van der Waals surface area (Å²) in [4.78, 5) is 23.6. The van der Waals surface area contributed by atoms with Gasteiger partial charge in [0.1, 0.15) is 12.4 Å². The van der Waals surface area contributed by atoms with Gasteiger partial charge < -0.3 is 33.9 Å². The number of allylic oxidation sites excluding steroid dienone is 2. The zero-order chi connectivity index (χ0) is 26.2. The predicted molar refractivity (Wildman–Crippen MR) is 131 cm³/mol. The lowest BCUT2D eigenvalue weighted by Crippen LogP contribution is -2.43. The number of hydrogen-bond acceptors (Lipinski definition) is 9. The van der Waals surface area contributed by atoms with E-state index in [-0.39, 0.29) is 50.2 Å². The van der Waals surface area contributed by atoms with Crippen LogP contribution >= 0.6 is 7.60 Å². The zero-order valence-corrected chi connectivity index (χ0v) is 22.0. The van der Waals surface area contributed by atoms with Crippen molar-refractivity contribution in [2.45, 2.75) is 89.9 Å². The fourth-order valence-corrected chi connectivity index (χ4v) is 6.57. The van der Waals surface area contributed by atoms with Gasteiger partial charge in [0, 0.05) is 18.8 Å². The van der Waals surface area contributed by atoms with E-state index in [2.05, 4.69) is 6.92 Å². The molecule has 0 aromatic rings. The normalized spacial score (nSPS) is 29.0. The molecule has 8 atom stereocenters. The highest BCUT2D eigenvalue weighted by Gasteiger charge is 2.45. The summed E-state index contributed by atoms with van der Waals surface area (Å²) < 4.78 is 29.6. The number of rotatable bonds is 14. The Morgan fingerprint density at radius 3 is 2.49 bits per heavy atom. The van der Waals surface area contributed by atoms with E-state index in [4.69, 9.17) is 13.8 Å². The molecule has 2 aliphatic carbocycles. The SMILES string of the molecule is CCOP(=O)(OCC)C(C)C(=O)O[C@H]1C[C@H](O)C=C2C=C[C@H](C)[C@H](CC[C@@H](O)C[C@@H](O)CC=O)C21. The molecule has 2 unspecified atom stereocenters. The molecule has 9 nitrogen and oxygen atoms in total. The summed E-state index contributed by atoms with van der Waals surface area (Å²) in [5.74, 6) is -0.779. The topological polar surface area (TPSA) is 140 Å². The van der Waals surface area contributed by atoms with E-state index >= 15 is 0 Å². The van der Waals surface area contributed by atoms with E-state index in [1.807, 2.05) is 12.2 Å². The van der Waals surface area contributed by atoms with E-state index in [1.54, 1.807) is 19.9 Å². The van der Waals surface area contributed by atoms with Crippen LogP contribution in [0.5, 0.6) is 0 Å². The number of ether oxygens (including phenoxy) is 1. The number of aliphatic hydroxyl groups excluding tert-OH is 3. The fourth-order valence-electron chi connectivity index (χ4n) is 5.01. The van der Waals surface area contributed by atoms with Crippen molar-refractivity contribution in [2.75, 3.05) is 13.2 Å². The molecule has 0 aromatic carbocycles. The van der Waals surface area contributed by atoms with Gasteiger partial charge >= 0.3 is 13.6 Å². The van der Waals surface area contributed by atoms with Gasteiger partial charge in [-0.1, -0.05) is 25.2 Å². The molecular weight excluding hydrogens is 475 g/mol. The smallest absolute Gasteiger partial charge is 0.344 e. The largest absolute Gasteiger partial charge is 0.461 e. The first kappa shape index (κ1) is 29.9. The highest BCUT2D eigenvalue weighted by molar-refractivity contribution is 7.55. The number of aliphatic hydroxyl groups is 3. The maximum atomic E-state index is 13.1. The minimum absolute atomic E-state index is 0.00954. The minimum atomic E-state index is -3.71. The van der Waals surface area contributed by atoms with Crippen LogP contribution < -0.4 is 0 Å². The third-order valence-electron chi connectivity index (χ3n) is 6.82. The monoisotopic (exact) mass is 516 g/mol. The third kappa shape index (κ3) is 8.07. The van der Waals surface area contributed by atoms with E-state index in [0.717, 1.165) is 5.57 Å². The first-order valence-electron chi connectivity index (χ1n) is 12.5. The first-order chi connectivity index (χ1) is 16.6. The van der Waals surface area contributed by atoms with E-state index in [9.17, 15) is 29.5 Å². The predicted octanol–water partition coefficient (Wildman–Crippen LogP) is 3.16. The Kier molecular flexibility index (Phi) is 11.8. The second-order valence-corrected chi connectivity index (χ2v) is 11.8. The van der Waals surface area contributed by atoms with Crippen LogP contribution in [0.25, 0.3) is 0 Å². The van der Waals surface area contributed by atoms with Crippen molar-refractivity contribution in [1.29, 1.82) is 0 Å². The first-order valence-corrected chi connectivity index (χ1v) is 14.1. The van der Waals surface area contributed by atoms with Crippen molar-refractivity contribution in [2.24, 2.45) is 17.8 Å². The number of aldehydes is 1. The molecule has 0 saturated heterocycles. The Morgan fingerprint density at radius 2 is 1.89 bits per heavy atom. The molecule has 0 saturated carbocycles. The Bertz CT molecular complexity index is 801. The third-order valence-corrected chi connectivity index (χ3v) is 9.22. The molecular formula is C25H41O9P. The number of fused-ring (bicyclic) bond motifs is 1. The lowest BCUT2D eigenvalue weighted by molar-refractivity contribution is -0.154. The number of hydrogen-bond donors (Lipinski definition) is 3. The molecule has 0 heterocycles. The summed E-state index contributed by atoms with van der Waals surface area (Å²) in [6.45, 7) is 7.11. The van der Waals surface area contributed by atoms with Gasteiger partial charge in [-0.3, -0.25) is 9.36 Å². The molecule has 2 rings (SSSR count). The van der Waals surface area contributed by atoms with Crippen molar-refractivity contribution in [3.8, 4) is 0 Å². The summed E-state index contributed by atoms with van der Waals surface area (Å²) in [6.07, 6.45) is 4.60. The summed E-state index contributed by atoms with van der Waals surface area (Å²) in [5.41, 5.74) is -0.254. The van der Waals surface area contributed by atoms with Crippen LogP contribution in [-0.2, 0) is 27.9 Å². The van der Waals surface area contributed by atoms with Gasteiger partial charge in [-0.05, 0) is 57.4 Å². The van der Waals surface area contributed by atoms with E-state index in [0.29, 0.717) is 19.1 Å². The Hall–Kier alpha value is -1.35. The molecule has 0 aliphatic heterocycles. The maximum Gasteiger partial charge on any atom is 0.344 e. The minimum Gasteiger partial charge on any atom is -0.461 e. The van der Waals surface area contributed by atoms with Crippen LogP contribution in [0.15, 0.2) is 23.8 Å². The molecule has 35 heavy (non-hydrogen) atoms. The summed E-state index contributed by atoms with van der Waals surface area (Å²) in [7, 11) is -3.71. The van der Waals surface area contributed by atoms with Gasteiger partial charge in [-0.15, -0.1) is 0 Å². The molecule has 0 aromatic heterocycles. The quantitative estimate of drug-likeness (QED) is 0.180. The van der Waals surface area contributed by atoms with Crippen LogP contribution in [0.2, 0.25) is 0 Å². The number of esters is 1. The Labute approximate surface area is 208 Å². The van der Waals surface area contributed by atoms with Crippen molar-refractivity contribution >= 4 is 19.9 Å². The molecule has 0 spiro atoms. The average Bonchev–Trinajstić information content (AvgIpc) is 2.78. The maximum absolute atomic E-state index is 13.1. The van der Waals surface area contributed by atoms with Crippen LogP contribution in [0.4, 0.5) is 0 Å². The van der Waals surface area contributed by atoms with Gasteiger partial charge in [0.15, 0.2) is 5.66 Å². The zero-order valence-electron chi connectivity index (χ0n) is 21.1. The second-order valence-electron chi connectivity index (χ2n) is 9.43. The summed E-state index contributed by atoms with van der Waals surface area (Å²) in [5, 5.41) is 30.6. The standard InChI is InChI=1S/C25H41O9P/c1-5-32-35(31,33-6-2)17(4)25(30)34-23-15-21(29)13-18-8-7-16(3)22(24(18)23)10-9-19(27)14-20(28)11-12-26/h7-8,12-13,16-17,19-24,27-29H,5-6,9-11,14-15H2,1-4H3/t16-,17?,19+,20-,21+,22-,23-,24?/m0/s1. The lowest BCUT2D eigenvalue weighted by Gasteiger charge is -2.43. The van der Waals surface area contributed by atoms with Crippen molar-refractivity contribution in [1.82, 2.24) is 0 Å². The molecule has 3 N–H and O–H groups in total. The highest BCUT2D eigenvalue weighted by Crippen LogP contribution is 2.53. The van der Waals surface area contributed by atoms with Gasteiger partial charge in [0.2, 0.25) is 0 Å². The van der Waals surface area contributed by atoms with Crippen molar-refractivity contribution in [3.63, 3.8) is 0 Å². The summed E-state index contributed by atoms with van der Waals surface area (Å²) in [6, 6.07) is 0. The van der Waals surface area contributed by atoms with Crippen molar-refractivity contribution < 1.29 is 43.3 Å². The van der Waals surface area contributed by atoms with Crippen molar-refractivity contribution in [3.05, 3.63) is 23.8 Å². The molecule has 10 heteroatoms. The lowest BCUT2D eigenvalue weighted by atomic mass is 9.66. The van der Waals surface area contributed by atoms with Crippen LogP contribution in [0.3, 0.4) is 0 Å². The molecule has 0 bridgehead atoms. The van der Waals surface area contributed by atoms with Gasteiger partial charge in [-0.25, -0.2) is 0 Å². The number of carbonyl (C=O) groups excluding carboxylic acids is 2.